The molecule has 1 aliphatic heterocycles. The molecule has 1 amide bonds. The van der Waals surface area contributed by atoms with Crippen LogP contribution in [0.3, 0.4) is 0 Å². The molecule has 0 bridgehead atoms. The predicted molar refractivity (Wildman–Crippen MR) is 159 cm³/mol. The van der Waals surface area contributed by atoms with E-state index in [2.05, 4.69) is 15.2 Å². The molecule has 4 aromatic rings. The highest BCUT2D eigenvalue weighted by atomic mass is 19.1. The summed E-state index contributed by atoms with van der Waals surface area (Å²) in [7, 11) is 3.52. The van der Waals surface area contributed by atoms with Crippen molar-refractivity contribution in [2.75, 3.05) is 27.2 Å². The number of benzene rings is 3. The lowest BCUT2D eigenvalue weighted by Crippen LogP contribution is -2.57. The van der Waals surface area contributed by atoms with Gasteiger partial charge < -0.3 is 19.7 Å². The van der Waals surface area contributed by atoms with Gasteiger partial charge in [-0.25, -0.2) is 4.39 Å². The fraction of sp³-hybridized carbons (Fsp3) is 0.294. The number of pyridine rings is 1. The Hall–Kier alpha value is -4.63. The molecular weight excluding hydrogens is 549 g/mol. The number of ketones is 2. The topological polar surface area (TPSA) is 97.8 Å². The Labute approximate surface area is 248 Å². The largest absolute Gasteiger partial charge is 0.496 e. The van der Waals surface area contributed by atoms with E-state index in [4.69, 9.17) is 9.47 Å². The number of likely N-dealkylation sites (N-methyl/N-ethyl adjacent to an activating group) is 1. The summed E-state index contributed by atoms with van der Waals surface area (Å²) in [5, 5.41) is 3.71. The van der Waals surface area contributed by atoms with Gasteiger partial charge in [0.2, 0.25) is 0 Å². The van der Waals surface area contributed by atoms with Crippen molar-refractivity contribution in [2.24, 2.45) is 5.41 Å². The number of nitrogens with zero attached hydrogens (tertiary/aromatic N) is 2. The summed E-state index contributed by atoms with van der Waals surface area (Å²) in [4.78, 5) is 45.8. The van der Waals surface area contributed by atoms with Crippen molar-refractivity contribution < 1.29 is 28.2 Å². The first-order valence-electron chi connectivity index (χ1n) is 14.3. The number of hydrogen-bond donors (Lipinski definition) is 1. The van der Waals surface area contributed by atoms with Crippen LogP contribution >= 0.6 is 0 Å². The average Bonchev–Trinajstić information content (AvgIpc) is 3.80. The van der Waals surface area contributed by atoms with Crippen LogP contribution in [-0.2, 0) is 22.4 Å². The Morgan fingerprint density at radius 3 is 2.14 bits per heavy atom. The number of carbonyl (C=O) groups is 3. The molecule has 3 aromatic carbocycles. The Kier molecular flexibility index (Phi) is 7.66. The van der Waals surface area contributed by atoms with E-state index >= 15 is 0 Å². The Bertz CT molecular complexity index is 1690. The first-order valence-corrected chi connectivity index (χ1v) is 14.3. The Morgan fingerprint density at radius 2 is 1.56 bits per heavy atom. The zero-order chi connectivity index (χ0) is 30.1. The van der Waals surface area contributed by atoms with Gasteiger partial charge in [0, 0.05) is 43.6 Å². The second kappa shape index (κ2) is 11.6. The summed E-state index contributed by atoms with van der Waals surface area (Å²) in [6, 6.07) is 18.3. The molecule has 0 unspecified atom stereocenters. The van der Waals surface area contributed by atoms with Crippen LogP contribution in [0.2, 0.25) is 0 Å². The molecule has 2 aliphatic rings. The van der Waals surface area contributed by atoms with Gasteiger partial charge in [-0.1, -0.05) is 24.3 Å². The number of Topliss-reactive ketones (excluding diaryl/α,β-unsaturated/α-hetero) is 2. The molecule has 1 saturated heterocycles. The van der Waals surface area contributed by atoms with E-state index in [9.17, 15) is 18.8 Å². The van der Waals surface area contributed by atoms with E-state index in [0.29, 0.717) is 52.1 Å². The van der Waals surface area contributed by atoms with Crippen LogP contribution in [0.25, 0.3) is 10.9 Å². The fourth-order valence-corrected chi connectivity index (χ4v) is 5.59. The minimum Gasteiger partial charge on any atom is -0.496 e. The number of carbonyl (C=O) groups excluding carboxylic acids is 3. The van der Waals surface area contributed by atoms with Gasteiger partial charge in [0.25, 0.3) is 5.91 Å². The number of amides is 1. The van der Waals surface area contributed by atoms with Crippen molar-refractivity contribution in [3.8, 4) is 17.2 Å². The summed E-state index contributed by atoms with van der Waals surface area (Å²) >= 11 is 0. The van der Waals surface area contributed by atoms with Crippen LogP contribution in [0.15, 0.2) is 72.9 Å². The normalized spacial score (nSPS) is 15.9. The lowest BCUT2D eigenvalue weighted by molar-refractivity contribution is -0.133. The van der Waals surface area contributed by atoms with E-state index in [-0.39, 0.29) is 42.2 Å². The zero-order valence-electron chi connectivity index (χ0n) is 24.1. The molecule has 0 atom stereocenters. The molecule has 2 heterocycles. The van der Waals surface area contributed by atoms with Gasteiger partial charge in [0.05, 0.1) is 29.6 Å². The van der Waals surface area contributed by atoms with Crippen LogP contribution in [0.4, 0.5) is 4.39 Å². The Balaban J connectivity index is 1.14. The molecular formula is C34H32FN3O5. The Morgan fingerprint density at radius 1 is 0.930 bits per heavy atom. The molecule has 1 aromatic heterocycles. The number of methoxy groups -OCH3 is 1. The number of fused-ring (bicyclic) bond motifs is 1. The van der Waals surface area contributed by atoms with Crippen LogP contribution in [0.5, 0.6) is 17.2 Å². The third kappa shape index (κ3) is 5.99. The van der Waals surface area contributed by atoms with Crippen molar-refractivity contribution in [1.82, 2.24) is 15.2 Å². The van der Waals surface area contributed by atoms with Gasteiger partial charge in [0.1, 0.15) is 23.1 Å². The summed E-state index contributed by atoms with van der Waals surface area (Å²) in [5.41, 5.74) is 1.56. The number of nitrogens with one attached hydrogen (secondary N) is 1. The molecule has 220 valence electrons. The fourth-order valence-electron chi connectivity index (χ4n) is 5.59. The van der Waals surface area contributed by atoms with Crippen LogP contribution in [0, 0.1) is 11.2 Å². The van der Waals surface area contributed by atoms with Crippen molar-refractivity contribution in [3.05, 3.63) is 95.4 Å². The number of aromatic nitrogens is 1. The van der Waals surface area contributed by atoms with Gasteiger partial charge in [-0.05, 0) is 67.4 Å². The van der Waals surface area contributed by atoms with Gasteiger partial charge in [-0.15, -0.1) is 0 Å². The number of hydrogen-bond acceptors (Lipinski definition) is 7. The lowest BCUT2D eigenvalue weighted by Gasteiger charge is -2.36. The monoisotopic (exact) mass is 581 g/mol. The third-order valence-corrected chi connectivity index (χ3v) is 8.28. The number of rotatable bonds is 11. The summed E-state index contributed by atoms with van der Waals surface area (Å²) in [6.45, 7) is 1.60. The summed E-state index contributed by atoms with van der Waals surface area (Å²) in [6.07, 6.45) is 2.98. The molecule has 6 rings (SSSR count). The van der Waals surface area contributed by atoms with Crippen molar-refractivity contribution >= 4 is 28.4 Å². The molecule has 1 saturated carbocycles. The van der Waals surface area contributed by atoms with Gasteiger partial charge in [0.15, 0.2) is 11.6 Å². The summed E-state index contributed by atoms with van der Waals surface area (Å²) in [5.74, 6) is 0.725. The van der Waals surface area contributed by atoms with Crippen molar-refractivity contribution in [3.63, 3.8) is 0 Å². The number of halogens is 1. The van der Waals surface area contributed by atoms with Gasteiger partial charge in [-0.2, -0.15) is 0 Å². The first kappa shape index (κ1) is 28.5. The van der Waals surface area contributed by atoms with Gasteiger partial charge >= 0.3 is 0 Å². The molecule has 0 spiro atoms. The number of likely N-dealkylation sites (tertiary alicyclic amines) is 1. The second-order valence-corrected chi connectivity index (χ2v) is 11.4. The maximum absolute atomic E-state index is 13.2. The van der Waals surface area contributed by atoms with E-state index in [1.165, 1.54) is 19.2 Å². The minimum absolute atomic E-state index is 0.0932. The summed E-state index contributed by atoms with van der Waals surface area (Å²) < 4.78 is 24.9. The highest BCUT2D eigenvalue weighted by molar-refractivity contribution is 6.11. The lowest BCUT2D eigenvalue weighted by atomic mass is 9.88. The standard InChI is InChI=1S/C34H32FN3O5/c1-38-19-24(20-38)37-33(41)27-17-26-28(18-30(27)42-2)36-14-11-29(26)43-25-9-5-22(6-10-25)16-32(40)34(12-13-34)31(39)15-21-3-7-23(35)8-4-21/h3-11,14,17-18,24H,12-13,15-16,19-20H2,1-2H3,(H,37,41). The minimum atomic E-state index is -0.945. The van der Waals surface area contributed by atoms with Crippen LogP contribution in [0.1, 0.15) is 34.3 Å². The molecule has 43 heavy (non-hydrogen) atoms. The maximum atomic E-state index is 13.2. The first-order chi connectivity index (χ1) is 20.7. The van der Waals surface area contributed by atoms with E-state index in [0.717, 1.165) is 18.7 Å². The molecule has 9 heteroatoms. The molecule has 1 aliphatic carbocycles. The van der Waals surface area contributed by atoms with E-state index in [1.807, 2.05) is 19.2 Å². The van der Waals surface area contributed by atoms with E-state index in [1.54, 1.807) is 48.7 Å². The van der Waals surface area contributed by atoms with Crippen LogP contribution < -0.4 is 14.8 Å². The van der Waals surface area contributed by atoms with E-state index < -0.39 is 5.41 Å². The smallest absolute Gasteiger partial charge is 0.255 e. The van der Waals surface area contributed by atoms with Gasteiger partial charge in [-0.3, -0.25) is 19.4 Å². The zero-order valence-corrected chi connectivity index (χ0v) is 24.1. The predicted octanol–water partition coefficient (Wildman–Crippen LogP) is 4.92. The van der Waals surface area contributed by atoms with Crippen LogP contribution in [-0.4, -0.2) is 60.6 Å². The molecule has 1 N–H and O–H groups in total. The molecule has 2 fully saturated rings. The molecule has 0 radical (unpaired) electrons. The number of ether oxygens (including phenoxy) is 2. The van der Waals surface area contributed by atoms with Crippen molar-refractivity contribution in [2.45, 2.75) is 31.7 Å². The highest BCUT2D eigenvalue weighted by Gasteiger charge is 2.54. The molecule has 8 nitrogen and oxygen atoms in total. The second-order valence-electron chi connectivity index (χ2n) is 11.4. The SMILES string of the molecule is COc1cc2nccc(Oc3ccc(CC(=O)C4(C(=O)Cc5ccc(F)cc5)CC4)cc3)c2cc1C(=O)NC1CN(C)C1. The average molecular weight is 582 g/mol. The third-order valence-electron chi connectivity index (χ3n) is 8.28. The highest BCUT2D eigenvalue weighted by Crippen LogP contribution is 2.49. The maximum Gasteiger partial charge on any atom is 0.255 e. The quantitative estimate of drug-likeness (QED) is 0.251. The van der Waals surface area contributed by atoms with Crippen molar-refractivity contribution in [1.29, 1.82) is 0 Å².